The molecule has 0 unspecified atom stereocenters. The minimum atomic E-state index is -0.348. The average Bonchev–Trinajstić information content (AvgIpc) is 2.64. The second kappa shape index (κ2) is 11.0. The lowest BCUT2D eigenvalue weighted by atomic mass is 9.79. The summed E-state index contributed by atoms with van der Waals surface area (Å²) in [5.74, 6) is 0. The number of nitrogens with zero attached hydrogens (tertiary/aromatic N) is 2. The quantitative estimate of drug-likeness (QED) is 0.465. The highest BCUT2D eigenvalue weighted by molar-refractivity contribution is 4.99. The van der Waals surface area contributed by atoms with Crippen molar-refractivity contribution in [1.29, 1.82) is 0 Å². The second-order valence-electron chi connectivity index (χ2n) is 12.2. The molecular weight excluding hydrogens is 408 g/mol. The lowest BCUT2D eigenvalue weighted by molar-refractivity contribution is -0.290. The Balaban J connectivity index is 1.50. The van der Waals surface area contributed by atoms with Crippen molar-refractivity contribution in [3.8, 4) is 0 Å². The van der Waals surface area contributed by atoms with Crippen LogP contribution in [-0.4, -0.2) is 83.9 Å². The van der Waals surface area contributed by atoms with Gasteiger partial charge >= 0.3 is 0 Å². The van der Waals surface area contributed by atoms with Crippen LogP contribution < -0.4 is 10.6 Å². The monoisotopic (exact) mass is 456 g/mol. The fraction of sp³-hybridized carbons (Fsp3) is 1.00. The van der Waals surface area contributed by atoms with Crippen molar-refractivity contribution in [2.45, 2.75) is 115 Å². The molecule has 2 radical (unpaired) electrons. The van der Waals surface area contributed by atoms with E-state index in [1.165, 1.54) is 10.1 Å². The first-order chi connectivity index (χ1) is 14.7. The summed E-state index contributed by atoms with van der Waals surface area (Å²) in [7, 11) is 0. The maximum atomic E-state index is 12.4. The molecule has 2 fully saturated rings. The van der Waals surface area contributed by atoms with Crippen molar-refractivity contribution < 1.29 is 19.9 Å². The largest absolute Gasteiger partial charge is 0.378 e. The van der Waals surface area contributed by atoms with Crippen LogP contribution in [0.1, 0.15) is 81.1 Å². The number of hydroxylamine groups is 4. The molecule has 2 rings (SSSR count). The molecule has 2 aliphatic rings. The van der Waals surface area contributed by atoms with Crippen molar-refractivity contribution in [3.05, 3.63) is 0 Å². The van der Waals surface area contributed by atoms with Crippen LogP contribution in [0.5, 0.6) is 0 Å². The van der Waals surface area contributed by atoms with Crippen LogP contribution in [-0.2, 0) is 19.9 Å². The van der Waals surface area contributed by atoms with Gasteiger partial charge in [-0.05, 0) is 81.1 Å². The minimum Gasteiger partial charge on any atom is -0.378 e. The Morgan fingerprint density at radius 3 is 1.16 bits per heavy atom. The van der Waals surface area contributed by atoms with E-state index in [-0.39, 0.29) is 22.2 Å². The van der Waals surface area contributed by atoms with Crippen LogP contribution in [0.25, 0.3) is 0 Å². The maximum Gasteiger partial charge on any atom is 0.0701 e. The number of hydrogen-bond acceptors (Lipinski definition) is 6. The van der Waals surface area contributed by atoms with E-state index in [1.54, 1.807) is 0 Å². The predicted molar refractivity (Wildman–Crippen MR) is 125 cm³/mol. The predicted octanol–water partition coefficient (Wildman–Crippen LogP) is 2.93. The van der Waals surface area contributed by atoms with Crippen LogP contribution in [0, 0.1) is 0 Å². The molecule has 0 spiro atoms. The van der Waals surface area contributed by atoms with Crippen molar-refractivity contribution >= 4 is 0 Å². The Bertz CT molecular complexity index is 496. The summed E-state index contributed by atoms with van der Waals surface area (Å²) in [6.45, 7) is 20.1. The van der Waals surface area contributed by atoms with Crippen LogP contribution in [0.15, 0.2) is 0 Å². The third kappa shape index (κ3) is 7.60. The molecule has 0 aromatic heterocycles. The van der Waals surface area contributed by atoms with E-state index < -0.39 is 0 Å². The molecular formula is C24H48N4O4. The van der Waals surface area contributed by atoms with Crippen molar-refractivity contribution in [1.82, 2.24) is 20.8 Å². The minimum absolute atomic E-state index is 0.333. The number of hydrogen-bond donors (Lipinski definition) is 2. The molecule has 8 heteroatoms. The molecule has 0 aromatic rings. The highest BCUT2D eigenvalue weighted by Gasteiger charge is 2.46. The molecule has 0 saturated carbocycles. The van der Waals surface area contributed by atoms with Crippen LogP contribution in [0.2, 0.25) is 0 Å². The van der Waals surface area contributed by atoms with Gasteiger partial charge in [0.25, 0.3) is 0 Å². The van der Waals surface area contributed by atoms with Gasteiger partial charge in [-0.15, -0.1) is 20.5 Å². The van der Waals surface area contributed by atoms with Crippen molar-refractivity contribution in [2.24, 2.45) is 0 Å². The fourth-order valence-electron chi connectivity index (χ4n) is 5.81. The van der Waals surface area contributed by atoms with Crippen LogP contribution in [0.3, 0.4) is 0 Å². The molecule has 2 saturated heterocycles. The van der Waals surface area contributed by atoms with Crippen LogP contribution in [0.4, 0.5) is 0 Å². The summed E-state index contributed by atoms with van der Waals surface area (Å²) in [5, 5.41) is 34.5. The van der Waals surface area contributed by atoms with Gasteiger partial charge in [0, 0.05) is 47.3 Å². The topological polar surface area (TPSA) is 88.8 Å². The smallest absolute Gasteiger partial charge is 0.0701 e. The Kier molecular flexibility index (Phi) is 9.55. The Hall–Kier alpha value is -0.320. The number of piperidine rings is 2. The maximum absolute atomic E-state index is 12.4. The standard InChI is InChI=1S/C24H48N4O4/c1-21(2)15-19(16-22(3,4)27(21)29)25-9-11-31-13-14-32-12-10-26-20-17-23(5,6)28(30)24(7,8)18-20/h19-20,25-26H,9-18H2,1-8H3. The molecule has 0 aromatic carbocycles. The lowest BCUT2D eigenvalue weighted by Crippen LogP contribution is -2.62. The first-order valence-electron chi connectivity index (χ1n) is 12.2. The van der Waals surface area contributed by atoms with E-state index in [4.69, 9.17) is 9.47 Å². The summed E-state index contributed by atoms with van der Waals surface area (Å²) >= 11 is 0. The van der Waals surface area contributed by atoms with E-state index in [0.717, 1.165) is 38.8 Å². The van der Waals surface area contributed by atoms with Gasteiger partial charge in [0.2, 0.25) is 0 Å². The average molecular weight is 457 g/mol. The Labute approximate surface area is 195 Å². The zero-order valence-electron chi connectivity index (χ0n) is 21.8. The number of ether oxygens (including phenoxy) is 2. The summed E-state index contributed by atoms with van der Waals surface area (Å²) in [4.78, 5) is 0. The molecule has 2 heterocycles. The molecule has 2 aliphatic heterocycles. The molecule has 0 bridgehead atoms. The molecule has 0 amide bonds. The van der Waals surface area contributed by atoms with E-state index in [1.807, 2.05) is 55.4 Å². The van der Waals surface area contributed by atoms with E-state index in [2.05, 4.69) is 10.6 Å². The third-order valence-electron chi connectivity index (χ3n) is 6.91. The van der Waals surface area contributed by atoms with Gasteiger partial charge in [-0.3, -0.25) is 0 Å². The van der Waals surface area contributed by atoms with Gasteiger partial charge in [-0.2, -0.15) is 0 Å². The van der Waals surface area contributed by atoms with Crippen molar-refractivity contribution in [3.63, 3.8) is 0 Å². The van der Waals surface area contributed by atoms with E-state index in [0.29, 0.717) is 38.5 Å². The van der Waals surface area contributed by atoms with Crippen LogP contribution >= 0.6 is 0 Å². The van der Waals surface area contributed by atoms with E-state index in [9.17, 15) is 10.4 Å². The van der Waals surface area contributed by atoms with Gasteiger partial charge in [0.15, 0.2) is 0 Å². The van der Waals surface area contributed by atoms with Gasteiger partial charge in [0.05, 0.1) is 26.4 Å². The third-order valence-corrected chi connectivity index (χ3v) is 6.91. The first-order valence-corrected chi connectivity index (χ1v) is 12.2. The highest BCUT2D eigenvalue weighted by Crippen LogP contribution is 2.37. The molecule has 8 nitrogen and oxygen atoms in total. The molecule has 0 atom stereocenters. The Morgan fingerprint density at radius 1 is 0.594 bits per heavy atom. The van der Waals surface area contributed by atoms with Gasteiger partial charge in [0.1, 0.15) is 0 Å². The highest BCUT2D eigenvalue weighted by atomic mass is 16.5. The zero-order chi connectivity index (χ0) is 24.2. The lowest BCUT2D eigenvalue weighted by Gasteiger charge is -2.50. The molecule has 0 aliphatic carbocycles. The van der Waals surface area contributed by atoms with Gasteiger partial charge < -0.3 is 20.1 Å². The summed E-state index contributed by atoms with van der Waals surface area (Å²) in [5.41, 5.74) is -1.39. The molecule has 188 valence electrons. The first kappa shape index (κ1) is 27.9. The summed E-state index contributed by atoms with van der Waals surface area (Å²) < 4.78 is 11.4. The van der Waals surface area contributed by atoms with Crippen molar-refractivity contribution in [2.75, 3.05) is 39.5 Å². The second-order valence-corrected chi connectivity index (χ2v) is 12.2. The molecule has 32 heavy (non-hydrogen) atoms. The van der Waals surface area contributed by atoms with Gasteiger partial charge in [-0.25, -0.2) is 0 Å². The van der Waals surface area contributed by atoms with Gasteiger partial charge in [-0.1, -0.05) is 0 Å². The summed E-state index contributed by atoms with van der Waals surface area (Å²) in [6, 6.07) is 0.666. The Morgan fingerprint density at radius 2 is 0.875 bits per heavy atom. The molecule has 2 N–H and O–H groups in total. The fourth-order valence-corrected chi connectivity index (χ4v) is 5.81. The number of rotatable bonds is 11. The zero-order valence-corrected chi connectivity index (χ0v) is 21.8. The normalized spacial score (nSPS) is 26.4. The number of nitrogens with one attached hydrogen (secondary N) is 2. The SMILES string of the molecule is CC1(C)CC(NCCOCCOCCNC2CC(C)(C)N([O])C(C)(C)C2)CC(C)(C)N1[O]. The van der Waals surface area contributed by atoms with E-state index >= 15 is 0 Å². The summed E-state index contributed by atoms with van der Waals surface area (Å²) in [6.07, 6.45) is 3.38.